The Morgan fingerprint density at radius 1 is 0.524 bits per heavy atom. The maximum atomic E-state index is 4.81. The van der Waals surface area contributed by atoms with Gasteiger partial charge in [0, 0.05) is 61.9 Å². The van der Waals surface area contributed by atoms with Gasteiger partial charge in [-0.3, -0.25) is 4.98 Å². The number of hydrogen-bond acceptors (Lipinski definition) is 4. The zero-order valence-corrected chi connectivity index (χ0v) is 35.5. The van der Waals surface area contributed by atoms with E-state index in [-0.39, 0.29) is 11.8 Å². The summed E-state index contributed by atoms with van der Waals surface area (Å²) in [6.45, 7) is 2.37. The molecule has 5 heteroatoms. The molecule has 0 bridgehead atoms. The Kier molecular flexibility index (Phi) is 9.01. The van der Waals surface area contributed by atoms with Crippen LogP contribution in [0.2, 0.25) is 0 Å². The van der Waals surface area contributed by atoms with E-state index >= 15 is 0 Å². The number of rotatable bonds is 8. The predicted octanol–water partition coefficient (Wildman–Crippen LogP) is 15.9. The summed E-state index contributed by atoms with van der Waals surface area (Å²) in [5.74, 6) is 0.374. The minimum absolute atomic E-state index is 0.159. The van der Waals surface area contributed by atoms with E-state index in [1.54, 1.807) is 0 Å². The number of benzene rings is 7. The molecule has 0 radical (unpaired) electrons. The fourth-order valence-electron chi connectivity index (χ4n) is 9.92. The third-order valence-corrected chi connectivity index (χ3v) is 14.0. The van der Waals surface area contributed by atoms with Gasteiger partial charge in [-0.2, -0.15) is 0 Å². The maximum Gasteiger partial charge on any atom is 0.101 e. The van der Waals surface area contributed by atoms with Crippen molar-refractivity contribution in [3.63, 3.8) is 0 Å². The molecule has 0 amide bonds. The summed E-state index contributed by atoms with van der Waals surface area (Å²) < 4.78 is 2.38. The van der Waals surface area contributed by atoms with Gasteiger partial charge in [0.2, 0.25) is 0 Å². The van der Waals surface area contributed by atoms with E-state index in [4.69, 9.17) is 4.98 Å². The van der Waals surface area contributed by atoms with Crippen molar-refractivity contribution < 1.29 is 0 Å². The Morgan fingerprint density at radius 3 is 1.92 bits per heavy atom. The van der Waals surface area contributed by atoms with Gasteiger partial charge in [-0.1, -0.05) is 116 Å². The van der Waals surface area contributed by atoms with Gasteiger partial charge in [-0.25, -0.2) is 0 Å². The Balaban J connectivity index is 0.933. The first kappa shape index (κ1) is 37.1. The van der Waals surface area contributed by atoms with Crippen LogP contribution in [-0.2, 0) is 0 Å². The number of thiophene rings is 1. The van der Waals surface area contributed by atoms with Crippen molar-refractivity contribution in [2.45, 2.75) is 12.8 Å². The fraction of sp³-hybridized carbons (Fsp3) is 0.0517. The first-order valence-corrected chi connectivity index (χ1v) is 22.5. The second kappa shape index (κ2) is 15.3. The lowest BCUT2D eigenvalue weighted by Gasteiger charge is -2.30. The monoisotopic (exact) mass is 826 g/mol. The van der Waals surface area contributed by atoms with Gasteiger partial charge >= 0.3 is 0 Å². The molecule has 0 N–H and O–H groups in total. The summed E-state index contributed by atoms with van der Waals surface area (Å²) in [4.78, 5) is 10.9. The van der Waals surface area contributed by atoms with E-state index in [0.29, 0.717) is 0 Å². The van der Waals surface area contributed by atoms with Crippen molar-refractivity contribution in [2.75, 3.05) is 9.80 Å². The zero-order valence-electron chi connectivity index (χ0n) is 34.7. The topological polar surface area (TPSA) is 24.3 Å². The average Bonchev–Trinajstić information content (AvgIpc) is 4.06. The quantitative estimate of drug-likeness (QED) is 0.153. The van der Waals surface area contributed by atoms with Crippen molar-refractivity contribution in [3.05, 3.63) is 242 Å². The summed E-state index contributed by atoms with van der Waals surface area (Å²) in [7, 11) is 0. The molecule has 4 heterocycles. The smallest absolute Gasteiger partial charge is 0.101 e. The van der Waals surface area contributed by atoms with Crippen LogP contribution in [0.4, 0.5) is 27.8 Å². The summed E-state index contributed by atoms with van der Waals surface area (Å²) in [6, 6.07) is 74.6. The molecule has 1 aliphatic heterocycles. The summed E-state index contributed by atoms with van der Waals surface area (Å²) in [5, 5.41) is 3.69. The van der Waals surface area contributed by atoms with Crippen LogP contribution in [0.15, 0.2) is 230 Å². The van der Waals surface area contributed by atoms with E-state index in [0.717, 1.165) is 22.8 Å². The molecule has 0 saturated carbocycles. The Morgan fingerprint density at radius 2 is 1.17 bits per heavy atom. The molecule has 63 heavy (non-hydrogen) atoms. The third kappa shape index (κ3) is 6.31. The lowest BCUT2D eigenvalue weighted by Crippen LogP contribution is -2.20. The molecule has 2 atom stereocenters. The van der Waals surface area contributed by atoms with E-state index in [2.05, 4.69) is 234 Å². The van der Waals surface area contributed by atoms with Gasteiger partial charge in [0.15, 0.2) is 0 Å². The number of hydrogen-bond donors (Lipinski definition) is 0. The second-order valence-corrected chi connectivity index (χ2v) is 17.5. The summed E-state index contributed by atoms with van der Waals surface area (Å²) in [5.41, 5.74) is 16.8. The summed E-state index contributed by atoms with van der Waals surface area (Å²) in [6.07, 6.45) is 6.53. The minimum Gasteiger partial charge on any atom is -0.313 e. The molecule has 4 nitrogen and oxygen atoms in total. The van der Waals surface area contributed by atoms with Crippen molar-refractivity contribution >= 4 is 66.5 Å². The van der Waals surface area contributed by atoms with Gasteiger partial charge in [-0.15, -0.1) is 11.3 Å². The van der Waals surface area contributed by atoms with Crippen molar-refractivity contribution in [2.24, 2.45) is 5.92 Å². The molecule has 10 aromatic rings. The van der Waals surface area contributed by atoms with E-state index in [1.807, 2.05) is 23.6 Å². The van der Waals surface area contributed by atoms with Gasteiger partial charge in [0.25, 0.3) is 0 Å². The number of para-hydroxylation sites is 4. The molecule has 3 aromatic heterocycles. The SMILES string of the molecule is CC1C(c2ccccn2)=CC=C2C1c1cc(-c3ccc4c(c3)c3ccccc3n4-c3ccccc3)ccc1N2c1ccc(-c2ccc(N(c3ccccc3)c3ccccc3)s2)cc1. The lowest BCUT2D eigenvalue weighted by molar-refractivity contribution is 0.634. The highest BCUT2D eigenvalue weighted by Crippen LogP contribution is 2.56. The highest BCUT2D eigenvalue weighted by Gasteiger charge is 2.41. The van der Waals surface area contributed by atoms with Crippen LogP contribution in [0, 0.1) is 5.92 Å². The van der Waals surface area contributed by atoms with E-state index in [1.165, 1.54) is 76.6 Å². The highest BCUT2D eigenvalue weighted by atomic mass is 32.1. The molecular formula is C58H42N4S. The zero-order chi connectivity index (χ0) is 41.9. The third-order valence-electron chi connectivity index (χ3n) is 12.8. The molecule has 0 saturated heterocycles. The molecule has 2 aliphatic rings. The van der Waals surface area contributed by atoms with Crippen molar-refractivity contribution in [1.29, 1.82) is 0 Å². The first-order chi connectivity index (χ1) is 31.2. The van der Waals surface area contributed by atoms with Gasteiger partial charge in [-0.05, 0) is 143 Å². The number of allylic oxidation sites excluding steroid dienone is 4. The fourth-order valence-corrected chi connectivity index (χ4v) is 11.0. The van der Waals surface area contributed by atoms with E-state index in [9.17, 15) is 0 Å². The maximum absolute atomic E-state index is 4.81. The van der Waals surface area contributed by atoms with Crippen LogP contribution in [0.5, 0.6) is 0 Å². The number of aromatic nitrogens is 2. The normalized spacial score (nSPS) is 15.5. The average molecular weight is 827 g/mol. The highest BCUT2D eigenvalue weighted by molar-refractivity contribution is 7.19. The first-order valence-electron chi connectivity index (χ1n) is 21.6. The van der Waals surface area contributed by atoms with Gasteiger partial charge in [0.05, 0.1) is 16.7 Å². The second-order valence-electron chi connectivity index (χ2n) is 16.4. The Bertz CT molecular complexity index is 3310. The van der Waals surface area contributed by atoms with Crippen molar-refractivity contribution in [1.82, 2.24) is 9.55 Å². The largest absolute Gasteiger partial charge is 0.313 e. The van der Waals surface area contributed by atoms with Crippen LogP contribution in [-0.4, -0.2) is 9.55 Å². The molecule has 2 unspecified atom stereocenters. The van der Waals surface area contributed by atoms with Gasteiger partial charge in [0.1, 0.15) is 5.00 Å². The van der Waals surface area contributed by atoms with Crippen molar-refractivity contribution in [3.8, 4) is 27.3 Å². The number of fused-ring (bicyclic) bond motifs is 6. The number of pyridine rings is 1. The van der Waals surface area contributed by atoms with Crippen LogP contribution in [0.25, 0.3) is 54.6 Å². The van der Waals surface area contributed by atoms with Gasteiger partial charge < -0.3 is 14.4 Å². The molecular weight excluding hydrogens is 785 g/mol. The molecule has 12 rings (SSSR count). The van der Waals surface area contributed by atoms with Crippen LogP contribution >= 0.6 is 11.3 Å². The number of nitrogens with zero attached hydrogens (tertiary/aromatic N) is 4. The molecule has 0 fully saturated rings. The predicted molar refractivity (Wildman–Crippen MR) is 265 cm³/mol. The lowest BCUT2D eigenvalue weighted by atomic mass is 9.77. The van der Waals surface area contributed by atoms with E-state index < -0.39 is 0 Å². The minimum atomic E-state index is 0.159. The standard InChI is InChI=1S/C58H42N4S/c1-39-47(51-22-13-14-36-59-51)30-33-55-58(39)50-38-42(41-26-31-53-49(37-41)48-21-11-12-23-52(48)61(53)45-19-9-4-10-20-45)27-32-54(50)62(55)46-28-24-40(25-29-46)56-34-35-57(63-56)60(43-15-5-2-6-16-43)44-17-7-3-8-18-44/h2-39,58H,1H3. The Hall–Kier alpha value is -7.73. The van der Waals surface area contributed by atoms with Crippen LogP contribution in [0.1, 0.15) is 24.1 Å². The molecule has 1 aliphatic carbocycles. The van der Waals surface area contributed by atoms with Crippen LogP contribution in [0.3, 0.4) is 0 Å². The van der Waals surface area contributed by atoms with Crippen LogP contribution < -0.4 is 9.80 Å². The molecule has 0 spiro atoms. The number of anilines is 5. The summed E-state index contributed by atoms with van der Waals surface area (Å²) >= 11 is 1.81. The molecule has 300 valence electrons. The molecule has 7 aromatic carbocycles. The Labute approximate surface area is 371 Å².